The van der Waals surface area contributed by atoms with Gasteiger partial charge in [-0.3, -0.25) is 14.2 Å². The molecule has 0 unspecified atom stereocenters. The fraction of sp³-hybridized carbons (Fsp3) is 0.206. The maximum absolute atomic E-state index is 14.4. The van der Waals surface area contributed by atoms with E-state index in [1.807, 2.05) is 66.3 Å². The number of hydrogen-bond donors (Lipinski definition) is 1. The molecule has 2 amide bonds. The van der Waals surface area contributed by atoms with Crippen molar-refractivity contribution >= 4 is 39.9 Å². The van der Waals surface area contributed by atoms with Crippen LogP contribution in [0.25, 0.3) is 38.5 Å². The number of fused-ring (bicyclic) bond motifs is 1. The molecule has 9 nitrogen and oxygen atoms in total. The van der Waals surface area contributed by atoms with Crippen LogP contribution in [0.1, 0.15) is 48.1 Å². The number of carbonyl (C=O) groups excluding carboxylic acids is 2. The molecular weight excluding hydrogens is 610 g/mol. The molecule has 1 aliphatic rings. The van der Waals surface area contributed by atoms with Crippen LogP contribution in [0, 0.1) is 25.5 Å². The lowest BCUT2D eigenvalue weighted by atomic mass is 9.99. The second-order valence-electron chi connectivity index (χ2n) is 11.3. The molecule has 1 fully saturated rings. The van der Waals surface area contributed by atoms with Crippen LogP contribution in [-0.2, 0) is 16.0 Å². The standard InChI is InChI=1S/C34H28F2N6O3S/c1-18-32(19(2)45-40-18)22-10-13-28-26(15-22)38-33(29-4-3-5-31(44)41(29)23-11-12-24(35)25(36)16-23)42(28)34-39-27(17-46-34)21-8-6-20(7-9-21)14-30(37)43/h6-13,15-17,29H,3-5,14H2,1-2H3,(H2,37,43)/t29-/m0/s1. The molecule has 3 aromatic heterocycles. The number of anilines is 1. The number of aromatic nitrogens is 4. The minimum absolute atomic E-state index is 0.150. The summed E-state index contributed by atoms with van der Waals surface area (Å²) in [7, 11) is 0. The number of thiazole rings is 1. The summed E-state index contributed by atoms with van der Waals surface area (Å²) in [5, 5.41) is 6.66. The van der Waals surface area contributed by atoms with Crippen LogP contribution in [0.3, 0.4) is 0 Å². The molecule has 0 bridgehead atoms. The number of rotatable bonds is 7. The molecule has 1 atom stereocenters. The smallest absolute Gasteiger partial charge is 0.227 e. The Hall–Kier alpha value is -5.23. The Labute approximate surface area is 266 Å². The number of nitrogens with zero attached hydrogens (tertiary/aromatic N) is 5. The molecule has 12 heteroatoms. The van der Waals surface area contributed by atoms with Crippen LogP contribution in [0.15, 0.2) is 70.6 Å². The highest BCUT2D eigenvalue weighted by Gasteiger charge is 2.35. The van der Waals surface area contributed by atoms with E-state index in [1.54, 1.807) is 0 Å². The lowest BCUT2D eigenvalue weighted by molar-refractivity contribution is -0.120. The normalized spacial score (nSPS) is 15.2. The Morgan fingerprint density at radius 2 is 1.80 bits per heavy atom. The maximum atomic E-state index is 14.4. The highest BCUT2D eigenvalue weighted by molar-refractivity contribution is 7.12. The largest absolute Gasteiger partial charge is 0.369 e. The molecule has 0 saturated carbocycles. The first-order valence-corrected chi connectivity index (χ1v) is 15.6. The molecule has 0 spiro atoms. The average molecular weight is 639 g/mol. The second kappa shape index (κ2) is 11.6. The predicted octanol–water partition coefficient (Wildman–Crippen LogP) is 6.99. The van der Waals surface area contributed by atoms with Crippen molar-refractivity contribution in [1.82, 2.24) is 19.7 Å². The number of hydrogen-bond acceptors (Lipinski definition) is 7. The van der Waals surface area contributed by atoms with Crippen molar-refractivity contribution in [3.63, 3.8) is 0 Å². The molecule has 1 aliphatic heterocycles. The van der Waals surface area contributed by atoms with Gasteiger partial charge < -0.3 is 15.2 Å². The van der Waals surface area contributed by atoms with E-state index in [0.29, 0.717) is 35.1 Å². The molecular formula is C34H28F2N6O3S. The number of amides is 2. The van der Waals surface area contributed by atoms with E-state index >= 15 is 0 Å². The van der Waals surface area contributed by atoms with E-state index in [2.05, 4.69) is 5.16 Å². The SMILES string of the molecule is Cc1noc(C)c1-c1ccc2c(c1)nc([C@@H]1CCCC(=O)N1c1ccc(F)c(F)c1)n2-c1nc(-c2ccc(CC(N)=O)cc2)cs1. The van der Waals surface area contributed by atoms with Crippen molar-refractivity contribution in [2.45, 2.75) is 45.6 Å². The number of piperidine rings is 1. The monoisotopic (exact) mass is 638 g/mol. The number of imidazole rings is 1. The van der Waals surface area contributed by atoms with Crippen molar-refractivity contribution in [1.29, 1.82) is 0 Å². The Morgan fingerprint density at radius 1 is 1.02 bits per heavy atom. The van der Waals surface area contributed by atoms with E-state index in [0.717, 1.165) is 51.3 Å². The topological polar surface area (TPSA) is 120 Å². The summed E-state index contributed by atoms with van der Waals surface area (Å²) >= 11 is 1.42. The highest BCUT2D eigenvalue weighted by atomic mass is 32.1. The fourth-order valence-corrected chi connectivity index (χ4v) is 7.00. The Kier molecular flexibility index (Phi) is 7.44. The first-order valence-electron chi connectivity index (χ1n) is 14.7. The summed E-state index contributed by atoms with van der Waals surface area (Å²) in [5.74, 6) is -1.38. The number of carbonyl (C=O) groups is 2. The van der Waals surface area contributed by atoms with Gasteiger partial charge in [-0.25, -0.2) is 18.7 Å². The highest BCUT2D eigenvalue weighted by Crippen LogP contribution is 2.40. The van der Waals surface area contributed by atoms with E-state index in [9.17, 15) is 18.4 Å². The third-order valence-corrected chi connectivity index (χ3v) is 9.07. The van der Waals surface area contributed by atoms with Crippen LogP contribution in [-0.4, -0.2) is 31.5 Å². The Bertz CT molecular complexity index is 2120. The zero-order chi connectivity index (χ0) is 32.1. The van der Waals surface area contributed by atoms with E-state index in [-0.39, 0.29) is 24.4 Å². The molecule has 2 N–H and O–H groups in total. The Balaban J connectivity index is 1.38. The van der Waals surface area contributed by atoms with Crippen molar-refractivity contribution in [2.24, 2.45) is 5.73 Å². The summed E-state index contributed by atoms with van der Waals surface area (Å²) < 4.78 is 35.7. The lowest BCUT2D eigenvalue weighted by Crippen LogP contribution is -2.39. The molecule has 1 saturated heterocycles. The molecule has 232 valence electrons. The number of primary amides is 1. The van der Waals surface area contributed by atoms with Gasteiger partial charge in [0.05, 0.1) is 34.9 Å². The zero-order valence-electron chi connectivity index (χ0n) is 25.0. The molecule has 4 heterocycles. The molecule has 46 heavy (non-hydrogen) atoms. The summed E-state index contributed by atoms with van der Waals surface area (Å²) in [6, 6.07) is 16.3. The minimum atomic E-state index is -1.03. The van der Waals surface area contributed by atoms with Gasteiger partial charge in [0.2, 0.25) is 11.8 Å². The van der Waals surface area contributed by atoms with Gasteiger partial charge >= 0.3 is 0 Å². The zero-order valence-corrected chi connectivity index (χ0v) is 25.8. The Morgan fingerprint density at radius 3 is 2.52 bits per heavy atom. The van der Waals surface area contributed by atoms with Crippen LogP contribution in [0.2, 0.25) is 0 Å². The molecule has 3 aromatic carbocycles. The van der Waals surface area contributed by atoms with Crippen molar-refractivity contribution in [2.75, 3.05) is 4.90 Å². The lowest BCUT2D eigenvalue weighted by Gasteiger charge is -2.35. The number of benzene rings is 3. The van der Waals surface area contributed by atoms with Gasteiger partial charge in [-0.1, -0.05) is 35.5 Å². The number of nitrogens with two attached hydrogens (primary N) is 1. The van der Waals surface area contributed by atoms with Gasteiger partial charge in [-0.15, -0.1) is 11.3 Å². The van der Waals surface area contributed by atoms with Gasteiger partial charge in [-0.2, -0.15) is 0 Å². The third-order valence-electron chi connectivity index (χ3n) is 8.24. The fourth-order valence-electron chi connectivity index (χ4n) is 6.14. The third kappa shape index (κ3) is 5.24. The van der Waals surface area contributed by atoms with E-state index in [4.69, 9.17) is 20.2 Å². The molecule has 0 radical (unpaired) electrons. The van der Waals surface area contributed by atoms with Crippen molar-refractivity contribution < 1.29 is 22.9 Å². The van der Waals surface area contributed by atoms with Gasteiger partial charge in [0.15, 0.2) is 16.8 Å². The first kappa shape index (κ1) is 29.5. The van der Waals surface area contributed by atoms with E-state index in [1.165, 1.54) is 22.3 Å². The van der Waals surface area contributed by atoms with Crippen LogP contribution < -0.4 is 10.6 Å². The van der Waals surface area contributed by atoms with Crippen LogP contribution >= 0.6 is 11.3 Å². The summed E-state index contributed by atoms with van der Waals surface area (Å²) in [6.07, 6.45) is 1.60. The molecule has 6 aromatic rings. The first-order chi connectivity index (χ1) is 22.2. The van der Waals surface area contributed by atoms with Gasteiger partial charge in [0.25, 0.3) is 0 Å². The predicted molar refractivity (Wildman–Crippen MR) is 170 cm³/mol. The summed E-state index contributed by atoms with van der Waals surface area (Å²) in [4.78, 5) is 36.3. The second-order valence-corrected chi connectivity index (χ2v) is 12.2. The molecule has 0 aliphatic carbocycles. The van der Waals surface area contributed by atoms with Crippen molar-refractivity contribution in [3.8, 4) is 27.5 Å². The van der Waals surface area contributed by atoms with Crippen LogP contribution in [0.4, 0.5) is 14.5 Å². The average Bonchev–Trinajstić information content (AvgIpc) is 3.75. The van der Waals surface area contributed by atoms with Crippen molar-refractivity contribution in [3.05, 3.63) is 101 Å². The number of aryl methyl sites for hydroxylation is 2. The van der Waals surface area contributed by atoms with Gasteiger partial charge in [0.1, 0.15) is 11.6 Å². The maximum Gasteiger partial charge on any atom is 0.227 e. The van der Waals surface area contributed by atoms with E-state index < -0.39 is 23.6 Å². The summed E-state index contributed by atoms with van der Waals surface area (Å²) in [5.41, 5.74) is 12.0. The number of halogens is 2. The molecule has 7 rings (SSSR count). The van der Waals surface area contributed by atoms with Crippen LogP contribution in [0.5, 0.6) is 0 Å². The minimum Gasteiger partial charge on any atom is -0.369 e. The van der Waals surface area contributed by atoms with Gasteiger partial charge in [0, 0.05) is 34.7 Å². The van der Waals surface area contributed by atoms with Gasteiger partial charge in [-0.05, 0) is 62.1 Å². The summed E-state index contributed by atoms with van der Waals surface area (Å²) in [6.45, 7) is 3.74. The quantitative estimate of drug-likeness (QED) is 0.201.